The summed E-state index contributed by atoms with van der Waals surface area (Å²) < 4.78 is 43.0. The molecule has 0 spiro atoms. The van der Waals surface area contributed by atoms with E-state index in [1.54, 1.807) is 26.0 Å². The van der Waals surface area contributed by atoms with Crippen molar-refractivity contribution in [2.24, 2.45) is 0 Å². The highest BCUT2D eigenvalue weighted by molar-refractivity contribution is 7.89. The lowest BCUT2D eigenvalue weighted by Crippen LogP contribution is -2.42. The highest BCUT2D eigenvalue weighted by Gasteiger charge is 2.25. The lowest BCUT2D eigenvalue weighted by atomic mass is 10.2. The van der Waals surface area contributed by atoms with E-state index in [-0.39, 0.29) is 41.7 Å². The average molecular weight is 497 g/mol. The first kappa shape index (κ1) is 24.8. The van der Waals surface area contributed by atoms with Gasteiger partial charge < -0.3 is 19.5 Å². The van der Waals surface area contributed by atoms with Crippen LogP contribution in [-0.2, 0) is 19.6 Å². The Bertz CT molecular complexity index is 1120. The maximum absolute atomic E-state index is 12.7. The third-order valence-corrected chi connectivity index (χ3v) is 7.31. The van der Waals surface area contributed by atoms with Gasteiger partial charge in [0.15, 0.2) is 18.1 Å². The van der Waals surface area contributed by atoms with Crippen LogP contribution < -0.4 is 14.8 Å². The molecular weight excluding hydrogens is 472 g/mol. The number of fused-ring (bicyclic) bond motifs is 1. The van der Waals surface area contributed by atoms with Gasteiger partial charge in [-0.15, -0.1) is 0 Å². The van der Waals surface area contributed by atoms with Crippen LogP contribution in [-0.4, -0.2) is 63.6 Å². The minimum atomic E-state index is -3.79. The number of para-hydroxylation sites is 2. The molecule has 0 bridgehead atoms. The van der Waals surface area contributed by atoms with Gasteiger partial charge in [0, 0.05) is 13.1 Å². The van der Waals surface area contributed by atoms with E-state index in [1.165, 1.54) is 16.4 Å². The van der Waals surface area contributed by atoms with Crippen molar-refractivity contribution in [3.05, 3.63) is 53.1 Å². The van der Waals surface area contributed by atoms with Crippen LogP contribution in [0.2, 0.25) is 5.02 Å². The molecule has 0 saturated heterocycles. The van der Waals surface area contributed by atoms with Crippen molar-refractivity contribution in [1.29, 1.82) is 0 Å². The van der Waals surface area contributed by atoms with Crippen LogP contribution in [0.3, 0.4) is 0 Å². The van der Waals surface area contributed by atoms with Gasteiger partial charge in [0.1, 0.15) is 12.7 Å². The van der Waals surface area contributed by atoms with Crippen molar-refractivity contribution in [3.63, 3.8) is 0 Å². The van der Waals surface area contributed by atoms with Gasteiger partial charge in [0.2, 0.25) is 10.0 Å². The van der Waals surface area contributed by atoms with Gasteiger partial charge in [-0.05, 0) is 30.3 Å². The number of nitrogens with one attached hydrogen (secondary N) is 1. The normalized spacial score (nSPS) is 15.2. The molecule has 178 valence electrons. The van der Waals surface area contributed by atoms with E-state index >= 15 is 0 Å². The van der Waals surface area contributed by atoms with E-state index < -0.39 is 34.6 Å². The second-order valence-corrected chi connectivity index (χ2v) is 9.45. The lowest BCUT2D eigenvalue weighted by molar-refractivity contribution is -0.124. The number of sulfonamides is 1. The van der Waals surface area contributed by atoms with Crippen LogP contribution in [0.5, 0.6) is 11.5 Å². The molecule has 1 atom stereocenters. The van der Waals surface area contributed by atoms with Gasteiger partial charge in [-0.2, -0.15) is 4.31 Å². The Morgan fingerprint density at radius 3 is 2.55 bits per heavy atom. The van der Waals surface area contributed by atoms with Gasteiger partial charge in [-0.1, -0.05) is 37.6 Å². The number of carbonyl (C=O) groups excluding carboxylic acids is 2. The molecule has 3 rings (SSSR count). The first-order valence-corrected chi connectivity index (χ1v) is 12.2. The van der Waals surface area contributed by atoms with E-state index in [9.17, 15) is 18.0 Å². The monoisotopic (exact) mass is 496 g/mol. The second kappa shape index (κ2) is 10.9. The molecule has 9 nitrogen and oxygen atoms in total. The number of carbonyl (C=O) groups is 2. The number of hydrogen-bond donors (Lipinski definition) is 1. The molecule has 1 unspecified atom stereocenters. The molecule has 1 aliphatic rings. The number of benzene rings is 2. The fourth-order valence-electron chi connectivity index (χ4n) is 3.19. The molecule has 33 heavy (non-hydrogen) atoms. The summed E-state index contributed by atoms with van der Waals surface area (Å²) in [6.07, 6.45) is -0.393. The quantitative estimate of drug-likeness (QED) is 0.531. The molecule has 1 heterocycles. The van der Waals surface area contributed by atoms with Gasteiger partial charge in [0.05, 0.1) is 22.0 Å². The number of amides is 1. The van der Waals surface area contributed by atoms with Gasteiger partial charge in [-0.3, -0.25) is 4.79 Å². The van der Waals surface area contributed by atoms with E-state index in [2.05, 4.69) is 5.32 Å². The van der Waals surface area contributed by atoms with Crippen molar-refractivity contribution in [2.45, 2.75) is 24.8 Å². The number of hydrogen-bond acceptors (Lipinski definition) is 7. The van der Waals surface area contributed by atoms with E-state index in [1.807, 2.05) is 12.1 Å². The van der Waals surface area contributed by atoms with Crippen LogP contribution >= 0.6 is 11.6 Å². The Hall–Kier alpha value is -2.82. The van der Waals surface area contributed by atoms with E-state index in [0.717, 1.165) is 6.07 Å². The highest BCUT2D eigenvalue weighted by Crippen LogP contribution is 2.30. The summed E-state index contributed by atoms with van der Waals surface area (Å²) in [5.41, 5.74) is -0.140. The zero-order valence-electron chi connectivity index (χ0n) is 18.2. The first-order valence-electron chi connectivity index (χ1n) is 10.4. The summed E-state index contributed by atoms with van der Waals surface area (Å²) >= 11 is 6.07. The van der Waals surface area contributed by atoms with Crippen LogP contribution in [0, 0.1) is 0 Å². The molecule has 1 N–H and O–H groups in total. The predicted octanol–water partition coefficient (Wildman–Crippen LogP) is 2.48. The van der Waals surface area contributed by atoms with Crippen molar-refractivity contribution < 1.29 is 32.2 Å². The van der Waals surface area contributed by atoms with Crippen LogP contribution in [0.4, 0.5) is 0 Å². The topological polar surface area (TPSA) is 111 Å². The van der Waals surface area contributed by atoms with E-state index in [4.69, 9.17) is 25.8 Å². The molecule has 0 aliphatic carbocycles. The molecule has 0 radical (unpaired) electrons. The molecule has 2 aromatic carbocycles. The number of esters is 1. The average Bonchev–Trinajstić information content (AvgIpc) is 2.81. The summed E-state index contributed by atoms with van der Waals surface area (Å²) in [6, 6.07) is 11.0. The van der Waals surface area contributed by atoms with Crippen LogP contribution in [0.1, 0.15) is 24.2 Å². The summed E-state index contributed by atoms with van der Waals surface area (Å²) in [6.45, 7) is 3.85. The molecule has 1 amide bonds. The minimum Gasteiger partial charge on any atom is -0.486 e. The molecule has 1 aliphatic heterocycles. The molecule has 0 saturated carbocycles. The Balaban J connectivity index is 1.55. The summed E-state index contributed by atoms with van der Waals surface area (Å²) in [4.78, 5) is 24.5. The van der Waals surface area contributed by atoms with Crippen molar-refractivity contribution in [3.8, 4) is 11.5 Å². The number of halogens is 1. The van der Waals surface area contributed by atoms with Gasteiger partial charge in [-0.25, -0.2) is 13.2 Å². The third-order valence-electron chi connectivity index (χ3n) is 4.93. The Labute approximate surface area is 197 Å². The molecular formula is C22H25ClN2O7S. The predicted molar refractivity (Wildman–Crippen MR) is 121 cm³/mol. The lowest BCUT2D eigenvalue weighted by Gasteiger charge is -2.26. The Morgan fingerprint density at radius 1 is 1.15 bits per heavy atom. The standard InChI is InChI=1S/C22H25ClN2O7S/c1-3-25(4-2)33(28,29)16-9-10-18(23)17(11-16)22(27)31-14-21(26)24-12-15-13-30-19-7-5-6-8-20(19)32-15/h5-11,15H,3-4,12-14H2,1-2H3,(H,24,26). The number of rotatable bonds is 9. The van der Waals surface area contributed by atoms with Crippen LogP contribution in [0.15, 0.2) is 47.4 Å². The zero-order valence-corrected chi connectivity index (χ0v) is 19.8. The Morgan fingerprint density at radius 2 is 1.85 bits per heavy atom. The fourth-order valence-corrected chi connectivity index (χ4v) is 4.86. The van der Waals surface area contributed by atoms with E-state index in [0.29, 0.717) is 11.5 Å². The molecule has 0 aromatic heterocycles. The van der Waals surface area contributed by atoms with Gasteiger partial charge in [0.25, 0.3) is 5.91 Å². The maximum atomic E-state index is 12.7. The van der Waals surface area contributed by atoms with Crippen molar-refractivity contribution in [2.75, 3.05) is 32.8 Å². The molecule has 2 aromatic rings. The first-order chi connectivity index (χ1) is 15.8. The largest absolute Gasteiger partial charge is 0.486 e. The number of nitrogens with zero attached hydrogens (tertiary/aromatic N) is 1. The van der Waals surface area contributed by atoms with Crippen LogP contribution in [0.25, 0.3) is 0 Å². The SMILES string of the molecule is CCN(CC)S(=O)(=O)c1ccc(Cl)c(C(=O)OCC(=O)NCC2COc3ccccc3O2)c1. The minimum absolute atomic E-state index is 0.0188. The van der Waals surface area contributed by atoms with Crippen molar-refractivity contribution in [1.82, 2.24) is 9.62 Å². The summed E-state index contributed by atoms with van der Waals surface area (Å²) in [5, 5.41) is 2.63. The Kier molecular flexibility index (Phi) is 8.17. The smallest absolute Gasteiger partial charge is 0.340 e. The highest BCUT2D eigenvalue weighted by atomic mass is 35.5. The molecule has 11 heteroatoms. The molecule has 0 fully saturated rings. The van der Waals surface area contributed by atoms with Gasteiger partial charge >= 0.3 is 5.97 Å². The van der Waals surface area contributed by atoms with Crippen molar-refractivity contribution >= 4 is 33.5 Å². The second-order valence-electron chi connectivity index (χ2n) is 7.11. The fraction of sp³-hybridized carbons (Fsp3) is 0.364. The maximum Gasteiger partial charge on any atom is 0.340 e. The summed E-state index contributed by atoms with van der Waals surface area (Å²) in [5.74, 6) is -0.230. The third kappa shape index (κ3) is 5.95. The zero-order chi connectivity index (χ0) is 24.0. The summed E-state index contributed by atoms with van der Waals surface area (Å²) in [7, 11) is -3.79. The number of ether oxygens (including phenoxy) is 3.